The van der Waals surface area contributed by atoms with Crippen molar-refractivity contribution < 1.29 is 18.8 Å². The maximum Gasteiger partial charge on any atom is 0.514 e. The lowest BCUT2D eigenvalue weighted by Crippen LogP contribution is -2.41. The molecule has 102 valence electrons. The highest BCUT2D eigenvalue weighted by Gasteiger charge is 2.52. The van der Waals surface area contributed by atoms with Crippen LogP contribution in [0, 0.1) is 0 Å². The first kappa shape index (κ1) is 14.0. The van der Waals surface area contributed by atoms with Gasteiger partial charge in [-0.1, -0.05) is 0 Å². The van der Waals surface area contributed by atoms with Gasteiger partial charge in [-0.2, -0.15) is 0 Å². The van der Waals surface area contributed by atoms with Crippen LogP contribution in [-0.4, -0.2) is 36.7 Å². The van der Waals surface area contributed by atoms with Crippen molar-refractivity contribution in [3.05, 3.63) is 17.8 Å². The van der Waals surface area contributed by atoms with E-state index >= 15 is 0 Å². The second-order valence-electron chi connectivity index (χ2n) is 5.56. The normalized spacial score (nSPS) is 20.4. The maximum atomic E-state index is 10.9. The lowest BCUT2D eigenvalue weighted by Gasteiger charge is -2.32. The van der Waals surface area contributed by atoms with E-state index in [4.69, 9.17) is 14.0 Å². The average Bonchev–Trinajstić information content (AvgIpc) is 2.58. The Morgan fingerprint density at radius 1 is 1.21 bits per heavy atom. The van der Waals surface area contributed by atoms with Gasteiger partial charge in [0.15, 0.2) is 6.29 Å². The lowest BCUT2D eigenvalue weighted by atomic mass is 9.84. The Morgan fingerprint density at radius 2 is 1.79 bits per heavy atom. The molecule has 1 aromatic heterocycles. The molecule has 1 aliphatic rings. The lowest BCUT2D eigenvalue weighted by molar-refractivity contribution is 0.00578. The summed E-state index contributed by atoms with van der Waals surface area (Å²) in [5.74, 6) is 0.557. The Labute approximate surface area is 113 Å². The average molecular weight is 263 g/mol. The van der Waals surface area contributed by atoms with E-state index in [2.05, 4.69) is 4.98 Å². The van der Waals surface area contributed by atoms with Gasteiger partial charge < -0.3 is 14.0 Å². The third-order valence-electron chi connectivity index (χ3n) is 3.69. The third-order valence-corrected chi connectivity index (χ3v) is 3.69. The van der Waals surface area contributed by atoms with Crippen molar-refractivity contribution in [2.75, 3.05) is 7.11 Å². The Kier molecular flexibility index (Phi) is 3.41. The molecule has 1 aliphatic heterocycles. The van der Waals surface area contributed by atoms with Crippen LogP contribution in [0.1, 0.15) is 38.2 Å². The number of hydrogen-bond acceptors (Lipinski definition) is 5. The molecule has 2 heterocycles. The molecule has 1 saturated heterocycles. The summed E-state index contributed by atoms with van der Waals surface area (Å²) in [6.45, 7) is 7.86. The highest BCUT2D eigenvalue weighted by Crippen LogP contribution is 2.36. The third kappa shape index (κ3) is 2.50. The van der Waals surface area contributed by atoms with Crippen molar-refractivity contribution in [2.45, 2.75) is 38.9 Å². The Bertz CT molecular complexity index is 485. The first-order valence-corrected chi connectivity index (χ1v) is 6.16. The summed E-state index contributed by atoms with van der Waals surface area (Å²) in [5.41, 5.74) is -0.0442. The topological polar surface area (TPSA) is 57.7 Å². The smallest absolute Gasteiger partial charge is 0.497 e. The van der Waals surface area contributed by atoms with Gasteiger partial charge in [-0.05, 0) is 33.8 Å². The number of rotatable bonds is 3. The first-order chi connectivity index (χ1) is 8.79. The van der Waals surface area contributed by atoms with Gasteiger partial charge in [0, 0.05) is 6.07 Å². The molecule has 0 unspecified atom stereocenters. The molecule has 0 N–H and O–H groups in total. The number of methoxy groups -OCH3 is 1. The number of carbonyl (C=O) groups excluding carboxylic acids is 1. The Morgan fingerprint density at radius 3 is 2.26 bits per heavy atom. The molecule has 0 atom stereocenters. The zero-order valence-electron chi connectivity index (χ0n) is 11.9. The highest BCUT2D eigenvalue weighted by molar-refractivity contribution is 6.61. The van der Waals surface area contributed by atoms with Gasteiger partial charge >= 0.3 is 7.12 Å². The molecular weight excluding hydrogens is 245 g/mol. The molecule has 2 rings (SSSR count). The SMILES string of the molecule is COc1cc(C=O)nc(B2OC(C)(C)C(C)(C)O2)c1. The molecule has 19 heavy (non-hydrogen) atoms. The minimum atomic E-state index is -0.598. The second kappa shape index (κ2) is 4.61. The number of pyridine rings is 1. The molecule has 0 aromatic carbocycles. The molecule has 0 radical (unpaired) electrons. The number of aldehydes is 1. The van der Waals surface area contributed by atoms with Crippen LogP contribution >= 0.6 is 0 Å². The van der Waals surface area contributed by atoms with Gasteiger partial charge in [0.1, 0.15) is 11.4 Å². The molecule has 1 aromatic rings. The molecule has 0 amide bonds. The summed E-state index contributed by atoms with van der Waals surface area (Å²) in [6.07, 6.45) is 0.678. The van der Waals surface area contributed by atoms with Gasteiger partial charge in [0.25, 0.3) is 0 Å². The van der Waals surface area contributed by atoms with Gasteiger partial charge in [-0.3, -0.25) is 9.78 Å². The van der Waals surface area contributed by atoms with Gasteiger partial charge in [0.2, 0.25) is 0 Å². The van der Waals surface area contributed by atoms with Crippen molar-refractivity contribution in [2.24, 2.45) is 0 Å². The number of hydrogen-bond donors (Lipinski definition) is 0. The fourth-order valence-electron chi connectivity index (χ4n) is 1.81. The molecule has 0 aliphatic carbocycles. The number of nitrogens with zero attached hydrogens (tertiary/aromatic N) is 1. The summed E-state index contributed by atoms with van der Waals surface area (Å²) >= 11 is 0. The van der Waals surface area contributed by atoms with E-state index in [9.17, 15) is 4.79 Å². The monoisotopic (exact) mass is 263 g/mol. The van der Waals surface area contributed by atoms with Gasteiger partial charge in [0.05, 0.1) is 23.9 Å². The summed E-state index contributed by atoms with van der Waals surface area (Å²) in [5, 5.41) is 0. The van der Waals surface area contributed by atoms with Crippen molar-refractivity contribution >= 4 is 19.0 Å². The molecule has 6 heteroatoms. The maximum absolute atomic E-state index is 10.9. The van der Waals surface area contributed by atoms with Crippen molar-refractivity contribution in [1.29, 1.82) is 0 Å². The van der Waals surface area contributed by atoms with Crippen LogP contribution in [0.5, 0.6) is 5.75 Å². The molecule has 1 fully saturated rings. The van der Waals surface area contributed by atoms with Crippen LogP contribution in [0.4, 0.5) is 0 Å². The standard InChI is InChI=1S/C13H18BNO4/c1-12(2)13(3,4)19-14(18-12)11-7-10(17-5)6-9(8-16)15-11/h6-8H,1-5H3. The van der Waals surface area contributed by atoms with Crippen molar-refractivity contribution in [3.63, 3.8) is 0 Å². The van der Waals surface area contributed by atoms with Crippen molar-refractivity contribution in [3.8, 4) is 5.75 Å². The highest BCUT2D eigenvalue weighted by atomic mass is 16.7. The van der Waals surface area contributed by atoms with Gasteiger partial charge in [-0.25, -0.2) is 0 Å². The van der Waals surface area contributed by atoms with Crippen molar-refractivity contribution in [1.82, 2.24) is 4.98 Å². The summed E-state index contributed by atoms with van der Waals surface area (Å²) < 4.78 is 16.9. The van der Waals surface area contributed by atoms with Crippen LogP contribution in [0.25, 0.3) is 0 Å². The van der Waals surface area contributed by atoms with E-state index in [1.54, 1.807) is 12.1 Å². The predicted molar refractivity (Wildman–Crippen MR) is 71.9 cm³/mol. The second-order valence-corrected chi connectivity index (χ2v) is 5.56. The van der Waals surface area contributed by atoms with Crippen LogP contribution in [0.15, 0.2) is 12.1 Å². The van der Waals surface area contributed by atoms with Crippen LogP contribution < -0.4 is 10.3 Å². The number of ether oxygens (including phenoxy) is 1. The summed E-state index contributed by atoms with van der Waals surface area (Å²) in [4.78, 5) is 15.1. The van der Waals surface area contributed by atoms with E-state index < -0.39 is 18.3 Å². The summed E-state index contributed by atoms with van der Waals surface area (Å²) in [7, 11) is 0.941. The minimum absolute atomic E-state index is 0.295. The van der Waals surface area contributed by atoms with E-state index in [-0.39, 0.29) is 0 Å². The quantitative estimate of drug-likeness (QED) is 0.605. The van der Waals surface area contributed by atoms with E-state index in [1.165, 1.54) is 7.11 Å². The molecule has 5 nitrogen and oxygen atoms in total. The Balaban J connectivity index is 2.36. The molecule has 0 bridgehead atoms. The number of aromatic nitrogens is 1. The fraction of sp³-hybridized carbons (Fsp3) is 0.538. The molecule has 0 saturated carbocycles. The first-order valence-electron chi connectivity index (χ1n) is 6.16. The summed E-state index contributed by atoms with van der Waals surface area (Å²) in [6, 6.07) is 3.29. The zero-order valence-corrected chi connectivity index (χ0v) is 11.9. The van der Waals surface area contributed by atoms with Crippen LogP contribution in [0.2, 0.25) is 0 Å². The fourth-order valence-corrected chi connectivity index (χ4v) is 1.81. The Hall–Kier alpha value is -1.40. The van der Waals surface area contributed by atoms with Gasteiger partial charge in [-0.15, -0.1) is 0 Å². The molecule has 0 spiro atoms. The van der Waals surface area contributed by atoms with E-state index in [0.29, 0.717) is 23.3 Å². The number of carbonyl (C=O) groups is 1. The zero-order chi connectivity index (χ0) is 14.3. The van der Waals surface area contributed by atoms with E-state index in [1.807, 2.05) is 27.7 Å². The predicted octanol–water partition coefficient (Wildman–Crippen LogP) is 1.20. The van der Waals surface area contributed by atoms with Crippen LogP contribution in [-0.2, 0) is 9.31 Å². The van der Waals surface area contributed by atoms with Crippen LogP contribution in [0.3, 0.4) is 0 Å². The van der Waals surface area contributed by atoms with E-state index in [0.717, 1.165) is 0 Å². The molecular formula is C13H18BNO4. The minimum Gasteiger partial charge on any atom is -0.497 e. The largest absolute Gasteiger partial charge is 0.514 e.